The predicted molar refractivity (Wildman–Crippen MR) is 107 cm³/mol. The molecule has 8 heteroatoms. The second kappa shape index (κ2) is 9.53. The van der Waals surface area contributed by atoms with Gasteiger partial charge in [-0.25, -0.2) is 0 Å². The molecule has 3 rings (SSSR count). The molecule has 27 heavy (non-hydrogen) atoms. The number of halogens is 1. The Morgan fingerprint density at radius 3 is 2.85 bits per heavy atom. The van der Waals surface area contributed by atoms with E-state index in [2.05, 4.69) is 21.0 Å². The quantitative estimate of drug-likeness (QED) is 0.702. The van der Waals surface area contributed by atoms with Crippen molar-refractivity contribution in [3.8, 4) is 0 Å². The van der Waals surface area contributed by atoms with Crippen molar-refractivity contribution in [3.63, 3.8) is 0 Å². The maximum atomic E-state index is 12.8. The predicted octanol–water partition coefficient (Wildman–Crippen LogP) is 1.92. The van der Waals surface area contributed by atoms with Crippen molar-refractivity contribution in [2.75, 3.05) is 25.0 Å². The molecule has 1 aromatic heterocycles. The van der Waals surface area contributed by atoms with Gasteiger partial charge in [-0.1, -0.05) is 13.0 Å². The molecule has 7 nitrogen and oxygen atoms in total. The van der Waals surface area contributed by atoms with Gasteiger partial charge in [0.05, 0.1) is 12.1 Å². The van der Waals surface area contributed by atoms with Crippen molar-refractivity contribution in [3.05, 3.63) is 47.8 Å². The number of amides is 2. The van der Waals surface area contributed by atoms with Gasteiger partial charge in [0.15, 0.2) is 0 Å². The van der Waals surface area contributed by atoms with Crippen molar-refractivity contribution in [2.45, 2.75) is 19.3 Å². The number of carbonyl (C=O) groups is 2. The van der Waals surface area contributed by atoms with Crippen LogP contribution < -0.4 is 16.0 Å². The van der Waals surface area contributed by atoms with Crippen LogP contribution in [0.5, 0.6) is 0 Å². The van der Waals surface area contributed by atoms with E-state index in [0.29, 0.717) is 24.3 Å². The van der Waals surface area contributed by atoms with Crippen LogP contribution in [0.25, 0.3) is 0 Å². The van der Waals surface area contributed by atoms with Gasteiger partial charge in [-0.3, -0.25) is 14.3 Å². The van der Waals surface area contributed by atoms with Crippen LogP contribution >= 0.6 is 12.4 Å². The van der Waals surface area contributed by atoms with Gasteiger partial charge in [0.2, 0.25) is 5.91 Å². The number of benzene rings is 1. The first kappa shape index (κ1) is 20.9. The smallest absolute Gasteiger partial charge is 0.251 e. The molecule has 2 amide bonds. The van der Waals surface area contributed by atoms with E-state index in [9.17, 15) is 9.59 Å². The fourth-order valence-electron chi connectivity index (χ4n) is 3.25. The van der Waals surface area contributed by atoms with E-state index in [-0.39, 0.29) is 36.1 Å². The van der Waals surface area contributed by atoms with Crippen LogP contribution in [0, 0.1) is 5.92 Å². The molecule has 2 aromatic rings. The molecule has 1 fully saturated rings. The van der Waals surface area contributed by atoms with E-state index in [1.54, 1.807) is 28.9 Å². The molecule has 1 aliphatic heterocycles. The molecule has 0 aliphatic carbocycles. The molecule has 1 aromatic carbocycles. The van der Waals surface area contributed by atoms with Crippen molar-refractivity contribution in [1.29, 1.82) is 0 Å². The Labute approximate surface area is 165 Å². The lowest BCUT2D eigenvalue weighted by molar-refractivity contribution is -0.119. The van der Waals surface area contributed by atoms with Crippen LogP contribution in [-0.4, -0.2) is 41.2 Å². The zero-order valence-electron chi connectivity index (χ0n) is 15.6. The fourth-order valence-corrected chi connectivity index (χ4v) is 3.25. The van der Waals surface area contributed by atoms with Crippen molar-refractivity contribution in [2.24, 2.45) is 13.0 Å². The van der Waals surface area contributed by atoms with Gasteiger partial charge in [0.25, 0.3) is 5.91 Å². The van der Waals surface area contributed by atoms with Gasteiger partial charge < -0.3 is 16.0 Å². The molecule has 146 valence electrons. The minimum absolute atomic E-state index is 0. The lowest BCUT2D eigenvalue weighted by Gasteiger charge is -2.17. The molecule has 0 radical (unpaired) electrons. The van der Waals surface area contributed by atoms with Gasteiger partial charge in [0.1, 0.15) is 0 Å². The number of rotatable bonds is 6. The molecule has 0 bridgehead atoms. The molecule has 0 saturated carbocycles. The number of nitrogens with one attached hydrogen (secondary N) is 3. The molecule has 3 N–H and O–H groups in total. The second-order valence-corrected chi connectivity index (χ2v) is 6.64. The summed E-state index contributed by atoms with van der Waals surface area (Å²) in [5.41, 5.74) is 2.24. The molecular formula is C19H26ClN5O2. The Kier molecular flexibility index (Phi) is 7.38. The maximum Gasteiger partial charge on any atom is 0.251 e. The Balaban J connectivity index is 0.00000261. The summed E-state index contributed by atoms with van der Waals surface area (Å²) in [6.07, 6.45) is 4.65. The minimum atomic E-state index is -0.170. The number of aryl methyl sites for hydroxylation is 1. The van der Waals surface area contributed by atoms with Crippen LogP contribution in [0.3, 0.4) is 0 Å². The minimum Gasteiger partial charge on any atom is -0.352 e. The second-order valence-electron chi connectivity index (χ2n) is 6.64. The van der Waals surface area contributed by atoms with Gasteiger partial charge in [-0.05, 0) is 30.2 Å². The number of anilines is 1. The highest BCUT2D eigenvalue weighted by molar-refractivity contribution is 5.98. The number of nitrogens with zero attached hydrogens (tertiary/aromatic N) is 2. The SMILES string of the molecule is CCCNC(=O)c1cccc(NC(=O)[C@H]2CNC[C@@H]2c2cnn(C)c2)c1.Cl. The third kappa shape index (κ3) is 5.08. The third-order valence-electron chi connectivity index (χ3n) is 4.63. The molecule has 2 atom stereocenters. The number of carbonyl (C=O) groups excluding carboxylic acids is 2. The third-order valence-corrected chi connectivity index (χ3v) is 4.63. The van der Waals surface area contributed by atoms with Gasteiger partial charge in [-0.2, -0.15) is 5.10 Å². The summed E-state index contributed by atoms with van der Waals surface area (Å²) in [7, 11) is 1.87. The van der Waals surface area contributed by atoms with Crippen LogP contribution in [0.2, 0.25) is 0 Å². The Morgan fingerprint density at radius 1 is 1.33 bits per heavy atom. The highest BCUT2D eigenvalue weighted by Crippen LogP contribution is 2.29. The molecular weight excluding hydrogens is 366 g/mol. The monoisotopic (exact) mass is 391 g/mol. The fraction of sp³-hybridized carbons (Fsp3) is 0.421. The highest BCUT2D eigenvalue weighted by Gasteiger charge is 2.34. The largest absolute Gasteiger partial charge is 0.352 e. The van der Waals surface area contributed by atoms with E-state index in [0.717, 1.165) is 18.5 Å². The molecule has 2 heterocycles. The molecule has 0 unspecified atom stereocenters. The summed E-state index contributed by atoms with van der Waals surface area (Å²) in [6, 6.07) is 7.04. The first-order chi connectivity index (χ1) is 12.6. The lowest BCUT2D eigenvalue weighted by atomic mass is 9.90. The van der Waals surface area contributed by atoms with Gasteiger partial charge in [-0.15, -0.1) is 12.4 Å². The zero-order chi connectivity index (χ0) is 18.5. The van der Waals surface area contributed by atoms with E-state index < -0.39 is 0 Å². The molecule has 0 spiro atoms. The average Bonchev–Trinajstić information content (AvgIpc) is 3.28. The van der Waals surface area contributed by atoms with Crippen molar-refractivity contribution >= 4 is 29.9 Å². The number of hydrogen-bond donors (Lipinski definition) is 3. The van der Waals surface area contributed by atoms with Gasteiger partial charge >= 0.3 is 0 Å². The van der Waals surface area contributed by atoms with Crippen molar-refractivity contribution < 1.29 is 9.59 Å². The van der Waals surface area contributed by atoms with E-state index in [1.165, 1.54) is 0 Å². The summed E-state index contributed by atoms with van der Waals surface area (Å²) in [5, 5.41) is 13.3. The van der Waals surface area contributed by atoms with Crippen LogP contribution in [0.1, 0.15) is 35.2 Å². The van der Waals surface area contributed by atoms with E-state index in [1.807, 2.05) is 26.4 Å². The normalized spacial score (nSPS) is 18.6. The van der Waals surface area contributed by atoms with Crippen molar-refractivity contribution in [1.82, 2.24) is 20.4 Å². The van der Waals surface area contributed by atoms with Gasteiger partial charge in [0, 0.05) is 50.0 Å². The standard InChI is InChI=1S/C19H25N5O2.ClH/c1-3-7-21-18(25)13-5-4-6-15(8-13)23-19(26)17-11-20-10-16(17)14-9-22-24(2)12-14;/h4-6,8-9,12,16-17,20H,3,7,10-11H2,1-2H3,(H,21,25)(H,23,26);1H/t16-,17+;/m1./s1. The van der Waals surface area contributed by atoms with Crippen LogP contribution in [-0.2, 0) is 11.8 Å². The number of hydrogen-bond acceptors (Lipinski definition) is 4. The summed E-state index contributed by atoms with van der Waals surface area (Å²) in [5.74, 6) is -0.245. The van der Waals surface area contributed by atoms with Crippen LogP contribution in [0.4, 0.5) is 5.69 Å². The lowest BCUT2D eigenvalue weighted by Crippen LogP contribution is -2.28. The Morgan fingerprint density at radius 2 is 2.15 bits per heavy atom. The Bertz CT molecular complexity index is 792. The average molecular weight is 392 g/mol. The first-order valence-corrected chi connectivity index (χ1v) is 8.97. The summed E-state index contributed by atoms with van der Waals surface area (Å²) in [4.78, 5) is 24.9. The topological polar surface area (TPSA) is 88.1 Å². The summed E-state index contributed by atoms with van der Waals surface area (Å²) in [6.45, 7) is 4.02. The summed E-state index contributed by atoms with van der Waals surface area (Å²) >= 11 is 0. The number of aromatic nitrogens is 2. The highest BCUT2D eigenvalue weighted by atomic mass is 35.5. The Hall–Kier alpha value is -2.38. The maximum absolute atomic E-state index is 12.8. The zero-order valence-corrected chi connectivity index (χ0v) is 16.4. The molecule has 1 saturated heterocycles. The first-order valence-electron chi connectivity index (χ1n) is 8.97. The van der Waals surface area contributed by atoms with E-state index in [4.69, 9.17) is 0 Å². The molecule has 1 aliphatic rings. The summed E-state index contributed by atoms with van der Waals surface area (Å²) < 4.78 is 1.75. The van der Waals surface area contributed by atoms with Crippen LogP contribution in [0.15, 0.2) is 36.7 Å². The van der Waals surface area contributed by atoms with E-state index >= 15 is 0 Å².